The van der Waals surface area contributed by atoms with Crippen LogP contribution in [0.15, 0.2) is 12.8 Å². The predicted octanol–water partition coefficient (Wildman–Crippen LogP) is 0.583. The van der Waals surface area contributed by atoms with Crippen molar-refractivity contribution >= 4 is 7.82 Å². The molecule has 0 spiro atoms. The Bertz CT molecular complexity index is 146. The van der Waals surface area contributed by atoms with Crippen LogP contribution < -0.4 is 0 Å². The van der Waals surface area contributed by atoms with Crippen molar-refractivity contribution in [3.63, 3.8) is 0 Å². The van der Waals surface area contributed by atoms with Gasteiger partial charge in [-0.2, -0.15) is 0 Å². The van der Waals surface area contributed by atoms with Gasteiger partial charge in [-0.25, -0.2) is 4.57 Å². The Morgan fingerprint density at radius 2 is 1.79 bits per heavy atom. The van der Waals surface area contributed by atoms with E-state index in [1.54, 1.807) is 0 Å². The fourth-order valence-corrected chi connectivity index (χ4v) is 0.519. The molecule has 0 atom stereocenters. The van der Waals surface area contributed by atoms with Crippen LogP contribution in [-0.2, 0) is 9.30 Å². The molecule has 0 fully saturated rings. The second kappa shape index (κ2) is 12.6. The second-order valence-corrected chi connectivity index (χ2v) is 3.28. The van der Waals surface area contributed by atoms with Crippen molar-refractivity contribution in [2.75, 3.05) is 6.61 Å². The van der Waals surface area contributed by atoms with E-state index in [0.29, 0.717) is 0 Å². The Morgan fingerprint density at radius 1 is 1.36 bits per heavy atom. The van der Waals surface area contributed by atoms with E-state index in [1.165, 1.54) is 19.1 Å². The number of hydrogen-bond donors (Lipinski definition) is 3. The number of unbranched alkanes of at least 4 members (excludes halogenated alkanes) is 2. The number of hydrogen-bond acceptors (Lipinski definition) is 2. The molecular formula is C7H19O6P. The summed E-state index contributed by atoms with van der Waals surface area (Å²) >= 11 is 0. The maximum atomic E-state index is 8.88. The van der Waals surface area contributed by atoms with E-state index >= 15 is 0 Å². The monoisotopic (exact) mass is 230 g/mol. The summed E-state index contributed by atoms with van der Waals surface area (Å²) in [5.41, 5.74) is 0. The molecule has 0 aliphatic heterocycles. The summed E-state index contributed by atoms with van der Waals surface area (Å²) < 4.78 is 13.8. The lowest BCUT2D eigenvalue weighted by Gasteiger charge is -1.96. The highest BCUT2D eigenvalue weighted by Crippen LogP contribution is 2.25. The van der Waals surface area contributed by atoms with Gasteiger partial charge in [-0.15, -0.1) is 0 Å². The maximum absolute atomic E-state index is 8.88. The molecule has 14 heavy (non-hydrogen) atoms. The lowest BCUT2D eigenvalue weighted by Crippen LogP contribution is -1.84. The van der Waals surface area contributed by atoms with Gasteiger partial charge >= 0.3 is 7.82 Å². The van der Waals surface area contributed by atoms with Gasteiger partial charge in [0.15, 0.2) is 0 Å². The molecule has 0 heterocycles. The van der Waals surface area contributed by atoms with Crippen molar-refractivity contribution in [2.24, 2.45) is 0 Å². The van der Waals surface area contributed by atoms with E-state index in [9.17, 15) is 0 Å². The van der Waals surface area contributed by atoms with E-state index in [2.05, 4.69) is 13.5 Å². The second-order valence-electron chi connectivity index (χ2n) is 2.26. The zero-order valence-electron chi connectivity index (χ0n) is 8.22. The maximum Gasteiger partial charge on any atom is 0.466 e. The summed E-state index contributed by atoms with van der Waals surface area (Å²) in [4.78, 5) is 21.6. The molecule has 0 aromatic rings. The molecular weight excluding hydrogens is 211 g/mol. The molecule has 0 aromatic heterocycles. The Morgan fingerprint density at radius 3 is 2.07 bits per heavy atom. The zero-order valence-corrected chi connectivity index (χ0v) is 9.11. The Balaban J connectivity index is -0.000000177. The van der Waals surface area contributed by atoms with Gasteiger partial charge in [0.1, 0.15) is 0 Å². The minimum absolute atomic E-state index is 0. The van der Waals surface area contributed by atoms with Crippen LogP contribution in [0.1, 0.15) is 26.2 Å². The van der Waals surface area contributed by atoms with Crippen LogP contribution in [-0.4, -0.2) is 26.8 Å². The van der Waals surface area contributed by atoms with Gasteiger partial charge in [0.25, 0.3) is 0 Å². The van der Waals surface area contributed by atoms with E-state index in [-0.39, 0.29) is 5.48 Å². The number of ether oxygens (including phenoxy) is 1. The number of rotatable bonds is 5. The average molecular weight is 230 g/mol. The van der Waals surface area contributed by atoms with E-state index < -0.39 is 7.82 Å². The molecule has 0 aromatic carbocycles. The van der Waals surface area contributed by atoms with Crippen LogP contribution in [0.3, 0.4) is 0 Å². The highest BCUT2D eigenvalue weighted by Gasteiger charge is 2.00. The third-order valence-electron chi connectivity index (χ3n) is 0.984. The fraction of sp³-hybridized carbons (Fsp3) is 0.714. The van der Waals surface area contributed by atoms with Crippen LogP contribution in [0.2, 0.25) is 0 Å². The normalized spacial score (nSPS) is 9.14. The summed E-state index contributed by atoms with van der Waals surface area (Å²) in [7, 11) is -4.64. The molecule has 0 radical (unpaired) electrons. The first-order chi connectivity index (χ1) is 5.91. The highest BCUT2D eigenvalue weighted by atomic mass is 31.2. The van der Waals surface area contributed by atoms with Crippen LogP contribution in [0.4, 0.5) is 0 Å². The van der Waals surface area contributed by atoms with E-state index in [1.807, 2.05) is 0 Å². The van der Waals surface area contributed by atoms with Crippen molar-refractivity contribution < 1.29 is 29.5 Å². The molecule has 0 amide bonds. The molecule has 6 nitrogen and oxygen atoms in total. The summed E-state index contributed by atoms with van der Waals surface area (Å²) in [6.45, 7) is 6.44. The minimum Gasteiger partial charge on any atom is -0.502 e. The molecule has 0 unspecified atom stereocenters. The van der Waals surface area contributed by atoms with Crippen LogP contribution in [0.5, 0.6) is 0 Å². The molecule has 0 saturated carbocycles. The molecule has 7 heteroatoms. The zero-order chi connectivity index (χ0) is 10.7. The summed E-state index contributed by atoms with van der Waals surface area (Å²) in [6.07, 6.45) is 5.16. The molecule has 0 bridgehead atoms. The number of phosphoric acid groups is 1. The molecule has 5 N–H and O–H groups in total. The molecule has 0 rings (SSSR count). The quantitative estimate of drug-likeness (QED) is 0.362. The van der Waals surface area contributed by atoms with Crippen molar-refractivity contribution in [3.05, 3.63) is 12.8 Å². The Kier molecular flexibility index (Phi) is 17.3. The van der Waals surface area contributed by atoms with Crippen LogP contribution >= 0.6 is 7.82 Å². The molecule has 0 saturated heterocycles. The SMILES string of the molecule is C=COCCCCC.O.O=P(O)(O)O. The third-order valence-corrected chi connectivity index (χ3v) is 0.984. The van der Waals surface area contributed by atoms with Gasteiger partial charge < -0.3 is 24.9 Å². The molecule has 0 aliphatic carbocycles. The van der Waals surface area contributed by atoms with Gasteiger partial charge in [-0.3, -0.25) is 0 Å². The summed E-state index contributed by atoms with van der Waals surface area (Å²) in [6, 6.07) is 0. The Labute approximate surface area is 83.8 Å². The lowest BCUT2D eigenvalue weighted by atomic mass is 10.3. The average Bonchev–Trinajstić information content (AvgIpc) is 1.95. The van der Waals surface area contributed by atoms with Crippen LogP contribution in [0, 0.1) is 0 Å². The topological polar surface area (TPSA) is 118 Å². The predicted molar refractivity (Wildman–Crippen MR) is 53.6 cm³/mol. The first-order valence-electron chi connectivity index (χ1n) is 3.92. The summed E-state index contributed by atoms with van der Waals surface area (Å²) in [5.74, 6) is 0. The van der Waals surface area contributed by atoms with Crippen molar-refractivity contribution in [1.29, 1.82) is 0 Å². The van der Waals surface area contributed by atoms with Crippen molar-refractivity contribution in [1.82, 2.24) is 0 Å². The molecule has 0 aliphatic rings. The van der Waals surface area contributed by atoms with E-state index in [0.717, 1.165) is 13.0 Å². The minimum atomic E-state index is -4.64. The highest BCUT2D eigenvalue weighted by molar-refractivity contribution is 7.45. The smallest absolute Gasteiger partial charge is 0.466 e. The molecule has 88 valence electrons. The van der Waals surface area contributed by atoms with Gasteiger partial charge in [-0.05, 0) is 6.42 Å². The summed E-state index contributed by atoms with van der Waals surface area (Å²) in [5, 5.41) is 0. The standard InChI is InChI=1S/C7H14O.H3O4P.H2O/c1-3-5-6-7-8-4-2;1-5(2,3)4;/h4H,2-3,5-7H2,1H3;(H3,1,2,3,4);1H2. The van der Waals surface area contributed by atoms with Crippen molar-refractivity contribution in [2.45, 2.75) is 26.2 Å². The van der Waals surface area contributed by atoms with E-state index in [4.69, 9.17) is 24.0 Å². The van der Waals surface area contributed by atoms with Gasteiger partial charge in [0.05, 0.1) is 12.9 Å². The lowest BCUT2D eigenvalue weighted by molar-refractivity contribution is 0.243. The third kappa shape index (κ3) is 61.5. The van der Waals surface area contributed by atoms with Gasteiger partial charge in [0, 0.05) is 0 Å². The van der Waals surface area contributed by atoms with Crippen molar-refractivity contribution in [3.8, 4) is 0 Å². The first-order valence-corrected chi connectivity index (χ1v) is 5.49. The Hall–Kier alpha value is -0.390. The van der Waals surface area contributed by atoms with Gasteiger partial charge in [-0.1, -0.05) is 26.3 Å². The first kappa shape index (κ1) is 19.2. The largest absolute Gasteiger partial charge is 0.502 e. The van der Waals surface area contributed by atoms with Gasteiger partial charge in [0.2, 0.25) is 0 Å². The van der Waals surface area contributed by atoms with Crippen LogP contribution in [0.25, 0.3) is 0 Å². The fourth-order valence-electron chi connectivity index (χ4n) is 0.519.